The molecule has 2 nitrogen and oxygen atoms in total. The van der Waals surface area contributed by atoms with Crippen LogP contribution in [0.4, 0.5) is 0 Å². The van der Waals surface area contributed by atoms with E-state index in [1.54, 1.807) is 7.11 Å². The molecule has 112 valence electrons. The van der Waals surface area contributed by atoms with E-state index in [0.717, 1.165) is 31.4 Å². The van der Waals surface area contributed by atoms with Gasteiger partial charge in [0.1, 0.15) is 11.5 Å². The molecular weight excluding hydrogens is 260 g/mol. The lowest BCUT2D eigenvalue weighted by atomic mass is 9.75. The van der Waals surface area contributed by atoms with E-state index < -0.39 is 0 Å². The van der Waals surface area contributed by atoms with Gasteiger partial charge in [0.05, 0.1) is 7.11 Å². The van der Waals surface area contributed by atoms with Gasteiger partial charge >= 0.3 is 0 Å². The topological polar surface area (TPSA) is 26.3 Å². The van der Waals surface area contributed by atoms with Crippen molar-refractivity contribution in [3.8, 4) is 5.75 Å². The highest BCUT2D eigenvalue weighted by molar-refractivity contribution is 5.91. The van der Waals surface area contributed by atoms with Gasteiger partial charge < -0.3 is 4.74 Å². The van der Waals surface area contributed by atoms with Gasteiger partial charge in [0, 0.05) is 12.3 Å². The average molecular weight is 284 g/mol. The predicted octanol–water partition coefficient (Wildman–Crippen LogP) is 3.85. The summed E-state index contributed by atoms with van der Waals surface area (Å²) in [7, 11) is 1.78. The first kappa shape index (κ1) is 13.4. The molecule has 1 saturated carbocycles. The lowest BCUT2D eigenvalue weighted by Crippen LogP contribution is -2.25. The minimum atomic E-state index is 0.134. The molecule has 0 N–H and O–H groups in total. The number of ether oxygens (including phenoxy) is 1. The standard InChI is InChI=1S/C19H24O2/c1-10-15-16-13(8-9-14(16)20)19(2,3)17(15)11-6-5-7-12(11)18(10)21-4/h13,16H,5-9H2,1-4H3/t13-,16-/m0/s1. The third-order valence-corrected chi connectivity index (χ3v) is 6.35. The second-order valence-electron chi connectivity index (χ2n) is 7.57. The molecule has 4 rings (SSSR count). The summed E-state index contributed by atoms with van der Waals surface area (Å²) in [6.45, 7) is 6.89. The molecule has 1 aromatic rings. The van der Waals surface area contributed by atoms with Gasteiger partial charge in [0.25, 0.3) is 0 Å². The summed E-state index contributed by atoms with van der Waals surface area (Å²) < 4.78 is 5.75. The number of Topliss-reactive ketones (excluding diaryl/α,β-unsaturated/α-hetero) is 1. The van der Waals surface area contributed by atoms with Crippen LogP contribution in [-0.2, 0) is 23.1 Å². The van der Waals surface area contributed by atoms with E-state index in [4.69, 9.17) is 4.74 Å². The van der Waals surface area contributed by atoms with Gasteiger partial charge in [-0.25, -0.2) is 0 Å². The van der Waals surface area contributed by atoms with E-state index in [9.17, 15) is 4.79 Å². The number of methoxy groups -OCH3 is 1. The van der Waals surface area contributed by atoms with Gasteiger partial charge in [-0.3, -0.25) is 4.79 Å². The number of rotatable bonds is 1. The van der Waals surface area contributed by atoms with Crippen molar-refractivity contribution in [2.45, 2.75) is 64.2 Å². The van der Waals surface area contributed by atoms with Gasteiger partial charge in [-0.15, -0.1) is 0 Å². The fourth-order valence-corrected chi connectivity index (χ4v) is 5.54. The zero-order chi connectivity index (χ0) is 14.9. The molecule has 2 atom stereocenters. The summed E-state index contributed by atoms with van der Waals surface area (Å²) in [5.41, 5.74) is 7.16. The van der Waals surface area contributed by atoms with E-state index in [1.165, 1.54) is 34.2 Å². The van der Waals surface area contributed by atoms with Crippen LogP contribution in [0.2, 0.25) is 0 Å². The third kappa shape index (κ3) is 1.46. The van der Waals surface area contributed by atoms with Crippen molar-refractivity contribution in [1.82, 2.24) is 0 Å². The number of hydrogen-bond donors (Lipinski definition) is 0. The van der Waals surface area contributed by atoms with Crippen molar-refractivity contribution in [1.29, 1.82) is 0 Å². The molecule has 0 saturated heterocycles. The van der Waals surface area contributed by atoms with Crippen molar-refractivity contribution in [3.05, 3.63) is 27.8 Å². The number of fused-ring (bicyclic) bond motifs is 5. The molecule has 1 aromatic carbocycles. The maximum Gasteiger partial charge on any atom is 0.140 e. The maximum atomic E-state index is 12.5. The Labute approximate surface area is 126 Å². The molecule has 0 aliphatic heterocycles. The van der Waals surface area contributed by atoms with Gasteiger partial charge in [-0.2, -0.15) is 0 Å². The van der Waals surface area contributed by atoms with Gasteiger partial charge in [-0.1, -0.05) is 13.8 Å². The minimum Gasteiger partial charge on any atom is -0.496 e. The zero-order valence-corrected chi connectivity index (χ0v) is 13.5. The number of hydrogen-bond acceptors (Lipinski definition) is 2. The Bertz CT molecular complexity index is 654. The van der Waals surface area contributed by atoms with Crippen LogP contribution in [0.15, 0.2) is 0 Å². The third-order valence-electron chi connectivity index (χ3n) is 6.35. The smallest absolute Gasteiger partial charge is 0.140 e. The fourth-order valence-electron chi connectivity index (χ4n) is 5.54. The molecule has 1 fully saturated rings. The minimum absolute atomic E-state index is 0.134. The molecule has 0 amide bonds. The largest absolute Gasteiger partial charge is 0.496 e. The van der Waals surface area contributed by atoms with E-state index in [0.29, 0.717) is 11.7 Å². The second kappa shape index (κ2) is 4.12. The Morgan fingerprint density at radius 1 is 1.14 bits per heavy atom. The number of carbonyl (C=O) groups is 1. The average Bonchev–Trinajstić information content (AvgIpc) is 3.08. The lowest BCUT2D eigenvalue weighted by Gasteiger charge is -2.29. The molecular formula is C19H24O2. The first-order chi connectivity index (χ1) is 9.98. The molecule has 21 heavy (non-hydrogen) atoms. The summed E-state index contributed by atoms with van der Waals surface area (Å²) in [6, 6.07) is 0. The van der Waals surface area contributed by atoms with Crippen molar-refractivity contribution in [2.24, 2.45) is 5.92 Å². The Kier molecular flexibility index (Phi) is 2.62. The molecule has 0 unspecified atom stereocenters. The van der Waals surface area contributed by atoms with E-state index in [2.05, 4.69) is 20.8 Å². The van der Waals surface area contributed by atoms with Crippen LogP contribution in [0.25, 0.3) is 0 Å². The quantitative estimate of drug-likeness (QED) is 0.783. The Morgan fingerprint density at radius 2 is 1.86 bits per heavy atom. The van der Waals surface area contributed by atoms with Crippen LogP contribution >= 0.6 is 0 Å². The molecule has 3 aliphatic rings. The molecule has 0 spiro atoms. The monoisotopic (exact) mass is 284 g/mol. The summed E-state index contributed by atoms with van der Waals surface area (Å²) >= 11 is 0. The van der Waals surface area contributed by atoms with Crippen LogP contribution in [0, 0.1) is 12.8 Å². The normalized spacial score (nSPS) is 28.5. The number of ketones is 1. The summed E-state index contributed by atoms with van der Waals surface area (Å²) in [6.07, 6.45) is 5.33. The van der Waals surface area contributed by atoms with Gasteiger partial charge in [0.2, 0.25) is 0 Å². The van der Waals surface area contributed by atoms with Crippen LogP contribution in [0.3, 0.4) is 0 Å². The molecule has 0 heterocycles. The zero-order valence-electron chi connectivity index (χ0n) is 13.5. The van der Waals surface area contributed by atoms with Crippen molar-refractivity contribution >= 4 is 5.78 Å². The molecule has 0 radical (unpaired) electrons. The predicted molar refractivity (Wildman–Crippen MR) is 83.3 cm³/mol. The van der Waals surface area contributed by atoms with E-state index in [-0.39, 0.29) is 11.3 Å². The summed E-state index contributed by atoms with van der Waals surface area (Å²) in [5, 5.41) is 0. The number of benzene rings is 1. The summed E-state index contributed by atoms with van der Waals surface area (Å²) in [5.74, 6) is 2.15. The Hall–Kier alpha value is -1.31. The summed E-state index contributed by atoms with van der Waals surface area (Å²) in [4.78, 5) is 12.5. The van der Waals surface area contributed by atoms with E-state index in [1.807, 2.05) is 0 Å². The van der Waals surface area contributed by atoms with Crippen LogP contribution < -0.4 is 4.74 Å². The molecule has 0 bridgehead atoms. The lowest BCUT2D eigenvalue weighted by molar-refractivity contribution is -0.118. The molecule has 2 heteroatoms. The van der Waals surface area contributed by atoms with Crippen molar-refractivity contribution in [3.63, 3.8) is 0 Å². The molecule has 0 aromatic heterocycles. The van der Waals surface area contributed by atoms with Crippen LogP contribution in [-0.4, -0.2) is 12.9 Å². The fraction of sp³-hybridized carbons (Fsp3) is 0.632. The highest BCUT2D eigenvalue weighted by atomic mass is 16.5. The van der Waals surface area contributed by atoms with Crippen LogP contribution in [0.1, 0.15) is 66.8 Å². The number of carbonyl (C=O) groups excluding carboxylic acids is 1. The highest BCUT2D eigenvalue weighted by Gasteiger charge is 2.54. The Balaban J connectivity index is 2.08. The first-order valence-electron chi connectivity index (χ1n) is 8.23. The van der Waals surface area contributed by atoms with E-state index >= 15 is 0 Å². The Morgan fingerprint density at radius 3 is 2.57 bits per heavy atom. The SMILES string of the molecule is COc1c(C)c2c(c3c1CCC3)C(C)(C)[C@H]1CCC(=O)[C@@H]21. The molecule has 3 aliphatic carbocycles. The van der Waals surface area contributed by atoms with Gasteiger partial charge in [0.15, 0.2) is 0 Å². The first-order valence-corrected chi connectivity index (χ1v) is 8.23. The maximum absolute atomic E-state index is 12.5. The van der Waals surface area contributed by atoms with Crippen molar-refractivity contribution < 1.29 is 9.53 Å². The second-order valence-corrected chi connectivity index (χ2v) is 7.57. The van der Waals surface area contributed by atoms with Crippen molar-refractivity contribution in [2.75, 3.05) is 7.11 Å². The van der Waals surface area contributed by atoms with Gasteiger partial charge in [-0.05, 0) is 71.8 Å². The van der Waals surface area contributed by atoms with Crippen LogP contribution in [0.5, 0.6) is 5.75 Å². The highest BCUT2D eigenvalue weighted by Crippen LogP contribution is 2.60.